The molecule has 0 saturated carbocycles. The van der Waals surface area contributed by atoms with Crippen LogP contribution in [0, 0.1) is 0 Å². The van der Waals surface area contributed by atoms with E-state index in [0.717, 1.165) is 16.5 Å². The Balaban J connectivity index is 2.21. The van der Waals surface area contributed by atoms with Gasteiger partial charge < -0.3 is 14.8 Å². The first-order chi connectivity index (χ1) is 12.5. The molecule has 26 heavy (non-hydrogen) atoms. The second-order valence-electron chi connectivity index (χ2n) is 5.73. The number of esters is 1. The normalized spacial score (nSPS) is 11.5. The molecule has 2 aromatic carbocycles. The third-order valence-corrected chi connectivity index (χ3v) is 4.21. The van der Waals surface area contributed by atoms with Crippen molar-refractivity contribution in [3.8, 4) is 5.75 Å². The summed E-state index contributed by atoms with van der Waals surface area (Å²) in [7, 11) is 1.31. The Hall–Kier alpha value is -2.34. The summed E-state index contributed by atoms with van der Waals surface area (Å²) in [6.45, 7) is 2.50. The number of carbonyl (C=O) groups excluding carboxylic acids is 2. The van der Waals surface area contributed by atoms with E-state index in [1.165, 1.54) is 7.11 Å². The molecule has 6 heteroatoms. The molecular formula is C20H22BrNO4. The number of hydrogen-bond donors (Lipinski definition) is 1. The van der Waals surface area contributed by atoms with Gasteiger partial charge in [0.2, 0.25) is 0 Å². The zero-order valence-corrected chi connectivity index (χ0v) is 16.4. The van der Waals surface area contributed by atoms with E-state index in [9.17, 15) is 9.59 Å². The molecule has 0 aliphatic heterocycles. The summed E-state index contributed by atoms with van der Waals surface area (Å²) < 4.78 is 11.3. The molecule has 0 saturated heterocycles. The Kier molecular flexibility index (Phi) is 7.66. The van der Waals surface area contributed by atoms with Crippen molar-refractivity contribution in [3.05, 3.63) is 64.1 Å². The molecule has 0 aliphatic carbocycles. The van der Waals surface area contributed by atoms with E-state index in [-0.39, 0.29) is 5.91 Å². The minimum absolute atomic E-state index is 0.346. The third-order valence-electron chi connectivity index (χ3n) is 3.72. The maximum Gasteiger partial charge on any atom is 0.328 e. The summed E-state index contributed by atoms with van der Waals surface area (Å²) in [5.74, 6) is -0.396. The van der Waals surface area contributed by atoms with Crippen LogP contribution in [0.25, 0.3) is 0 Å². The zero-order valence-electron chi connectivity index (χ0n) is 14.8. The highest BCUT2D eigenvalue weighted by Gasteiger charge is 2.24. The summed E-state index contributed by atoms with van der Waals surface area (Å²) in [5.41, 5.74) is 1.30. The number of carbonyl (C=O) groups is 2. The van der Waals surface area contributed by atoms with Crippen LogP contribution in [0.1, 0.15) is 29.3 Å². The van der Waals surface area contributed by atoms with Gasteiger partial charge in [-0.05, 0) is 30.2 Å². The van der Waals surface area contributed by atoms with Gasteiger partial charge in [-0.15, -0.1) is 0 Å². The SMILES string of the molecule is CCCOc1ccc(Br)cc1C(=O)NC(Cc1ccccc1)C(=O)OC. The number of nitrogens with one attached hydrogen (secondary N) is 1. The Labute approximate surface area is 161 Å². The van der Waals surface area contributed by atoms with Gasteiger partial charge in [-0.2, -0.15) is 0 Å². The number of rotatable bonds is 8. The monoisotopic (exact) mass is 419 g/mol. The molecule has 1 N–H and O–H groups in total. The number of methoxy groups -OCH3 is 1. The fourth-order valence-electron chi connectivity index (χ4n) is 2.44. The molecule has 0 aromatic heterocycles. The van der Waals surface area contributed by atoms with E-state index in [0.29, 0.717) is 24.3 Å². The lowest BCUT2D eigenvalue weighted by Gasteiger charge is -2.18. The van der Waals surface area contributed by atoms with Crippen LogP contribution in [0.2, 0.25) is 0 Å². The van der Waals surface area contributed by atoms with Gasteiger partial charge in [-0.1, -0.05) is 53.2 Å². The Morgan fingerprint density at radius 1 is 1.15 bits per heavy atom. The van der Waals surface area contributed by atoms with Crippen molar-refractivity contribution in [3.63, 3.8) is 0 Å². The van der Waals surface area contributed by atoms with E-state index < -0.39 is 12.0 Å². The molecule has 0 radical (unpaired) electrons. The van der Waals surface area contributed by atoms with Crippen LogP contribution in [0.4, 0.5) is 0 Å². The van der Waals surface area contributed by atoms with Crippen LogP contribution < -0.4 is 10.1 Å². The molecule has 1 amide bonds. The fraction of sp³-hybridized carbons (Fsp3) is 0.300. The first-order valence-corrected chi connectivity index (χ1v) is 9.19. The van der Waals surface area contributed by atoms with E-state index in [1.54, 1.807) is 12.1 Å². The number of amides is 1. The highest BCUT2D eigenvalue weighted by molar-refractivity contribution is 9.10. The second-order valence-corrected chi connectivity index (χ2v) is 6.64. The van der Waals surface area contributed by atoms with E-state index >= 15 is 0 Å². The maximum absolute atomic E-state index is 12.8. The van der Waals surface area contributed by atoms with Crippen LogP contribution >= 0.6 is 15.9 Å². The number of benzene rings is 2. The molecular weight excluding hydrogens is 398 g/mol. The highest BCUT2D eigenvalue weighted by atomic mass is 79.9. The first-order valence-electron chi connectivity index (χ1n) is 8.40. The number of ether oxygens (including phenoxy) is 2. The van der Waals surface area contributed by atoms with Crippen LogP contribution in [-0.4, -0.2) is 31.6 Å². The summed E-state index contributed by atoms with van der Waals surface area (Å²) in [6, 6.07) is 13.9. The van der Waals surface area contributed by atoms with E-state index in [4.69, 9.17) is 9.47 Å². The predicted octanol–water partition coefficient (Wildman–Crippen LogP) is 3.75. The van der Waals surface area contributed by atoms with Crippen molar-refractivity contribution in [1.29, 1.82) is 0 Å². The lowest BCUT2D eigenvalue weighted by atomic mass is 10.1. The smallest absolute Gasteiger partial charge is 0.328 e. The lowest BCUT2D eigenvalue weighted by Crippen LogP contribution is -2.43. The van der Waals surface area contributed by atoms with Crippen LogP contribution in [-0.2, 0) is 16.0 Å². The summed E-state index contributed by atoms with van der Waals surface area (Å²) in [6.07, 6.45) is 1.17. The minimum atomic E-state index is -0.784. The topological polar surface area (TPSA) is 64.6 Å². The van der Waals surface area contributed by atoms with Crippen LogP contribution in [0.5, 0.6) is 5.75 Å². The van der Waals surface area contributed by atoms with E-state index in [2.05, 4.69) is 21.2 Å². The number of hydrogen-bond acceptors (Lipinski definition) is 4. The largest absolute Gasteiger partial charge is 0.493 e. The van der Waals surface area contributed by atoms with E-state index in [1.807, 2.05) is 43.3 Å². The molecule has 0 fully saturated rings. The van der Waals surface area contributed by atoms with Crippen LogP contribution in [0.3, 0.4) is 0 Å². The number of halogens is 1. The molecule has 2 rings (SSSR count). The zero-order chi connectivity index (χ0) is 18.9. The Bertz CT molecular complexity index is 749. The van der Waals surface area contributed by atoms with Crippen molar-refractivity contribution >= 4 is 27.8 Å². The van der Waals surface area contributed by atoms with Gasteiger partial charge in [0.15, 0.2) is 0 Å². The molecule has 0 aliphatic rings. The minimum Gasteiger partial charge on any atom is -0.493 e. The lowest BCUT2D eigenvalue weighted by molar-refractivity contribution is -0.142. The van der Waals surface area contributed by atoms with Crippen molar-refractivity contribution in [2.75, 3.05) is 13.7 Å². The highest BCUT2D eigenvalue weighted by Crippen LogP contribution is 2.24. The van der Waals surface area contributed by atoms with Gasteiger partial charge >= 0.3 is 5.97 Å². The molecule has 138 valence electrons. The standard InChI is InChI=1S/C20H22BrNO4/c1-3-11-26-18-10-9-15(21)13-16(18)19(23)22-17(20(24)25-2)12-14-7-5-4-6-8-14/h4-10,13,17H,3,11-12H2,1-2H3,(H,22,23). The first kappa shape index (κ1) is 20.0. The molecule has 0 heterocycles. The van der Waals surface area contributed by atoms with Crippen molar-refractivity contribution in [2.24, 2.45) is 0 Å². The molecule has 1 unspecified atom stereocenters. The molecule has 1 atom stereocenters. The fourth-order valence-corrected chi connectivity index (χ4v) is 2.80. The Morgan fingerprint density at radius 2 is 1.88 bits per heavy atom. The van der Waals surface area contributed by atoms with Gasteiger partial charge in [-0.25, -0.2) is 4.79 Å². The van der Waals surface area contributed by atoms with Gasteiger partial charge in [0.05, 0.1) is 19.3 Å². The molecule has 0 bridgehead atoms. The maximum atomic E-state index is 12.8. The van der Waals surface area contributed by atoms with Crippen molar-refractivity contribution < 1.29 is 19.1 Å². The molecule has 2 aromatic rings. The van der Waals surface area contributed by atoms with Crippen molar-refractivity contribution in [1.82, 2.24) is 5.32 Å². The average Bonchev–Trinajstić information content (AvgIpc) is 2.66. The van der Waals surface area contributed by atoms with Crippen LogP contribution in [0.15, 0.2) is 53.0 Å². The van der Waals surface area contributed by atoms with Gasteiger partial charge in [-0.3, -0.25) is 4.79 Å². The summed E-state index contributed by atoms with van der Waals surface area (Å²) in [4.78, 5) is 24.9. The average molecular weight is 420 g/mol. The quantitative estimate of drug-likeness (QED) is 0.661. The van der Waals surface area contributed by atoms with Gasteiger partial charge in [0.1, 0.15) is 11.8 Å². The van der Waals surface area contributed by atoms with Crippen molar-refractivity contribution in [2.45, 2.75) is 25.8 Å². The molecule has 0 spiro atoms. The Morgan fingerprint density at radius 3 is 2.54 bits per heavy atom. The predicted molar refractivity (Wildman–Crippen MR) is 103 cm³/mol. The molecule has 5 nitrogen and oxygen atoms in total. The van der Waals surface area contributed by atoms with Gasteiger partial charge in [0.25, 0.3) is 5.91 Å². The second kappa shape index (κ2) is 9.97. The summed E-state index contributed by atoms with van der Waals surface area (Å²) >= 11 is 3.37. The third kappa shape index (κ3) is 5.59. The summed E-state index contributed by atoms with van der Waals surface area (Å²) in [5, 5.41) is 2.76. The van der Waals surface area contributed by atoms with Gasteiger partial charge in [0, 0.05) is 10.9 Å².